The van der Waals surface area contributed by atoms with E-state index in [1.165, 1.54) is 19.2 Å². The van der Waals surface area contributed by atoms with Gasteiger partial charge >= 0.3 is 0 Å². The van der Waals surface area contributed by atoms with E-state index in [0.717, 1.165) is 11.1 Å². The number of nitrogens with zero attached hydrogens (tertiary/aromatic N) is 2. The Labute approximate surface area is 105 Å². The minimum absolute atomic E-state index is 0.274. The SMILES string of the molecule is COc1ccc(C(N)c2ccc(F)cc2C)nn1. The molecule has 5 heteroatoms. The Morgan fingerprint density at radius 1 is 1.22 bits per heavy atom. The standard InChI is InChI=1S/C13H14FN3O/c1-8-7-9(14)3-4-10(8)13(15)11-5-6-12(18-2)17-16-11/h3-7,13H,15H2,1-2H3. The number of hydrogen-bond acceptors (Lipinski definition) is 4. The molecular formula is C13H14FN3O. The summed E-state index contributed by atoms with van der Waals surface area (Å²) < 4.78 is 18.0. The molecule has 1 atom stereocenters. The molecule has 18 heavy (non-hydrogen) atoms. The van der Waals surface area contributed by atoms with Crippen molar-refractivity contribution in [2.45, 2.75) is 13.0 Å². The predicted octanol–water partition coefficient (Wildman–Crippen LogP) is 1.98. The maximum Gasteiger partial charge on any atom is 0.233 e. The van der Waals surface area contributed by atoms with E-state index in [9.17, 15) is 4.39 Å². The minimum Gasteiger partial charge on any atom is -0.480 e. The molecular weight excluding hydrogens is 233 g/mol. The van der Waals surface area contributed by atoms with Crippen molar-refractivity contribution in [3.63, 3.8) is 0 Å². The number of ether oxygens (including phenoxy) is 1. The third-order valence-corrected chi connectivity index (χ3v) is 2.76. The lowest BCUT2D eigenvalue weighted by atomic mass is 9.99. The maximum atomic E-state index is 13.0. The van der Waals surface area contributed by atoms with E-state index >= 15 is 0 Å². The van der Waals surface area contributed by atoms with Crippen LogP contribution in [0.3, 0.4) is 0 Å². The number of nitrogens with two attached hydrogens (primary N) is 1. The van der Waals surface area contributed by atoms with E-state index in [0.29, 0.717) is 11.6 Å². The molecule has 0 aliphatic heterocycles. The van der Waals surface area contributed by atoms with Gasteiger partial charge in [-0.3, -0.25) is 0 Å². The van der Waals surface area contributed by atoms with Gasteiger partial charge in [0.15, 0.2) is 0 Å². The van der Waals surface area contributed by atoms with Crippen molar-refractivity contribution >= 4 is 0 Å². The van der Waals surface area contributed by atoms with Crippen molar-refractivity contribution in [1.29, 1.82) is 0 Å². The fraction of sp³-hybridized carbons (Fsp3) is 0.231. The van der Waals surface area contributed by atoms with Gasteiger partial charge in [-0.2, -0.15) is 0 Å². The highest BCUT2D eigenvalue weighted by Crippen LogP contribution is 2.22. The number of halogens is 1. The third kappa shape index (κ3) is 2.46. The van der Waals surface area contributed by atoms with Crippen LogP contribution in [0, 0.1) is 12.7 Å². The molecule has 0 aliphatic carbocycles. The van der Waals surface area contributed by atoms with Gasteiger partial charge in [0.2, 0.25) is 5.88 Å². The zero-order valence-corrected chi connectivity index (χ0v) is 10.2. The molecule has 2 rings (SSSR count). The summed E-state index contributed by atoms with van der Waals surface area (Å²) >= 11 is 0. The summed E-state index contributed by atoms with van der Waals surface area (Å²) in [5.74, 6) is 0.158. The summed E-state index contributed by atoms with van der Waals surface area (Å²) in [5.41, 5.74) is 8.33. The van der Waals surface area contributed by atoms with Crippen LogP contribution in [0.1, 0.15) is 22.9 Å². The molecule has 0 saturated carbocycles. The first-order chi connectivity index (χ1) is 8.61. The molecule has 1 heterocycles. The Hall–Kier alpha value is -2.01. The Morgan fingerprint density at radius 3 is 2.56 bits per heavy atom. The quantitative estimate of drug-likeness (QED) is 0.900. The average Bonchev–Trinajstić information content (AvgIpc) is 2.38. The number of benzene rings is 1. The van der Waals surface area contributed by atoms with Crippen molar-refractivity contribution < 1.29 is 9.13 Å². The fourth-order valence-corrected chi connectivity index (χ4v) is 1.75. The number of methoxy groups -OCH3 is 1. The topological polar surface area (TPSA) is 61.0 Å². The van der Waals surface area contributed by atoms with Crippen LogP contribution in [0.25, 0.3) is 0 Å². The van der Waals surface area contributed by atoms with Gasteiger partial charge in [-0.15, -0.1) is 10.2 Å². The first-order valence-electron chi connectivity index (χ1n) is 5.51. The second-order valence-corrected chi connectivity index (χ2v) is 3.98. The molecule has 2 aromatic rings. The monoisotopic (exact) mass is 247 g/mol. The van der Waals surface area contributed by atoms with Crippen LogP contribution in [0.5, 0.6) is 5.88 Å². The Morgan fingerprint density at radius 2 is 2.00 bits per heavy atom. The largest absolute Gasteiger partial charge is 0.480 e. The minimum atomic E-state index is -0.427. The van der Waals surface area contributed by atoms with Gasteiger partial charge in [-0.25, -0.2) is 4.39 Å². The Kier molecular flexibility index (Phi) is 3.53. The van der Waals surface area contributed by atoms with Gasteiger partial charge in [0.1, 0.15) is 5.82 Å². The van der Waals surface area contributed by atoms with Crippen molar-refractivity contribution in [3.8, 4) is 5.88 Å². The van der Waals surface area contributed by atoms with Crippen molar-refractivity contribution in [3.05, 3.63) is 53.0 Å². The van der Waals surface area contributed by atoms with Gasteiger partial charge < -0.3 is 10.5 Å². The molecule has 0 spiro atoms. The summed E-state index contributed by atoms with van der Waals surface area (Å²) in [7, 11) is 1.52. The van der Waals surface area contributed by atoms with Crippen LogP contribution in [0.4, 0.5) is 4.39 Å². The van der Waals surface area contributed by atoms with Crippen LogP contribution < -0.4 is 10.5 Å². The molecule has 0 radical (unpaired) electrons. The molecule has 0 amide bonds. The second-order valence-electron chi connectivity index (χ2n) is 3.98. The Balaban J connectivity index is 2.31. The number of aromatic nitrogens is 2. The molecule has 1 unspecified atom stereocenters. The lowest BCUT2D eigenvalue weighted by molar-refractivity contribution is 0.390. The molecule has 2 N–H and O–H groups in total. The summed E-state index contributed by atoms with van der Waals surface area (Å²) in [6, 6.07) is 7.52. The molecule has 0 fully saturated rings. The molecule has 1 aromatic heterocycles. The first kappa shape index (κ1) is 12.4. The van der Waals surface area contributed by atoms with Crippen LogP contribution >= 0.6 is 0 Å². The summed E-state index contributed by atoms with van der Waals surface area (Å²) in [6.45, 7) is 1.81. The van der Waals surface area contributed by atoms with Crippen LogP contribution in [-0.4, -0.2) is 17.3 Å². The van der Waals surface area contributed by atoms with Gasteiger partial charge in [-0.1, -0.05) is 6.07 Å². The third-order valence-electron chi connectivity index (χ3n) is 2.76. The van der Waals surface area contributed by atoms with Crippen molar-refractivity contribution in [2.24, 2.45) is 5.73 Å². The van der Waals surface area contributed by atoms with Crippen LogP contribution in [-0.2, 0) is 0 Å². The lowest BCUT2D eigenvalue weighted by Gasteiger charge is -2.13. The zero-order valence-electron chi connectivity index (χ0n) is 10.2. The normalized spacial score (nSPS) is 12.2. The molecule has 0 bridgehead atoms. The van der Waals surface area contributed by atoms with Gasteiger partial charge in [0.25, 0.3) is 0 Å². The van der Waals surface area contributed by atoms with Crippen LogP contribution in [0.2, 0.25) is 0 Å². The fourth-order valence-electron chi connectivity index (χ4n) is 1.75. The van der Waals surface area contributed by atoms with Crippen molar-refractivity contribution in [1.82, 2.24) is 10.2 Å². The van der Waals surface area contributed by atoms with Gasteiger partial charge in [-0.05, 0) is 36.2 Å². The molecule has 4 nitrogen and oxygen atoms in total. The van der Waals surface area contributed by atoms with Crippen molar-refractivity contribution in [2.75, 3.05) is 7.11 Å². The highest BCUT2D eigenvalue weighted by atomic mass is 19.1. The van der Waals surface area contributed by atoms with E-state index in [1.807, 2.05) is 6.92 Å². The number of aryl methyl sites for hydroxylation is 1. The summed E-state index contributed by atoms with van der Waals surface area (Å²) in [4.78, 5) is 0. The van der Waals surface area contributed by atoms with E-state index in [1.54, 1.807) is 18.2 Å². The van der Waals surface area contributed by atoms with Gasteiger partial charge in [0, 0.05) is 6.07 Å². The number of hydrogen-bond donors (Lipinski definition) is 1. The summed E-state index contributed by atoms with van der Waals surface area (Å²) in [5, 5.41) is 7.86. The van der Waals surface area contributed by atoms with Gasteiger partial charge in [0.05, 0.1) is 18.8 Å². The number of rotatable bonds is 3. The van der Waals surface area contributed by atoms with E-state index in [4.69, 9.17) is 10.5 Å². The molecule has 94 valence electrons. The first-order valence-corrected chi connectivity index (χ1v) is 5.51. The van der Waals surface area contributed by atoms with E-state index in [-0.39, 0.29) is 5.82 Å². The highest BCUT2D eigenvalue weighted by molar-refractivity contribution is 5.34. The average molecular weight is 247 g/mol. The van der Waals surface area contributed by atoms with E-state index in [2.05, 4.69) is 10.2 Å². The van der Waals surface area contributed by atoms with E-state index < -0.39 is 6.04 Å². The molecule has 0 saturated heterocycles. The zero-order chi connectivity index (χ0) is 13.1. The predicted molar refractivity (Wildman–Crippen MR) is 65.8 cm³/mol. The molecule has 1 aromatic carbocycles. The summed E-state index contributed by atoms with van der Waals surface area (Å²) in [6.07, 6.45) is 0. The highest BCUT2D eigenvalue weighted by Gasteiger charge is 2.14. The van der Waals surface area contributed by atoms with Crippen LogP contribution in [0.15, 0.2) is 30.3 Å². The molecule has 0 aliphatic rings. The Bertz CT molecular complexity index is 542. The smallest absolute Gasteiger partial charge is 0.233 e. The lowest BCUT2D eigenvalue weighted by Crippen LogP contribution is -2.15. The maximum absolute atomic E-state index is 13.0. The second kappa shape index (κ2) is 5.10.